The Labute approximate surface area is 159 Å². The Kier molecular flexibility index (Phi) is 6.30. The summed E-state index contributed by atoms with van der Waals surface area (Å²) in [7, 11) is 1.62. The summed E-state index contributed by atoms with van der Waals surface area (Å²) >= 11 is 0. The van der Waals surface area contributed by atoms with Gasteiger partial charge in [-0.15, -0.1) is 0 Å². The molecule has 0 atom stereocenters. The van der Waals surface area contributed by atoms with Crippen molar-refractivity contribution in [1.82, 2.24) is 15.4 Å². The van der Waals surface area contributed by atoms with E-state index in [0.717, 1.165) is 24.2 Å². The fourth-order valence-corrected chi connectivity index (χ4v) is 3.03. The second-order valence-electron chi connectivity index (χ2n) is 6.58. The van der Waals surface area contributed by atoms with Gasteiger partial charge >= 0.3 is 0 Å². The van der Waals surface area contributed by atoms with E-state index in [1.165, 1.54) is 36.6 Å². The summed E-state index contributed by atoms with van der Waals surface area (Å²) in [6.07, 6.45) is 10.6. The number of hydrogen-bond acceptors (Lipinski definition) is 5. The van der Waals surface area contributed by atoms with Gasteiger partial charge in [-0.1, -0.05) is 12.0 Å². The number of carbonyl (C=O) groups excluding carboxylic acids is 1. The van der Waals surface area contributed by atoms with Crippen LogP contribution >= 0.6 is 0 Å². The van der Waals surface area contributed by atoms with Crippen LogP contribution < -0.4 is 10.2 Å². The Morgan fingerprint density at radius 1 is 1.15 bits per heavy atom. The third kappa shape index (κ3) is 5.00. The van der Waals surface area contributed by atoms with Gasteiger partial charge in [0.15, 0.2) is 0 Å². The summed E-state index contributed by atoms with van der Waals surface area (Å²) in [6.45, 7) is 2.14. The van der Waals surface area contributed by atoms with Crippen LogP contribution in [0, 0.1) is 0 Å². The average Bonchev–Trinajstić information content (AvgIpc) is 2.92. The molecule has 2 aromatic rings. The number of nitrogens with one attached hydrogen (secondary N) is 1. The van der Waals surface area contributed by atoms with Gasteiger partial charge in [-0.05, 0) is 62.4 Å². The molecule has 6 nitrogen and oxygen atoms in total. The number of allylic oxidation sites excluding steroid dienone is 2. The zero-order chi connectivity index (χ0) is 19.1. The predicted octanol–water partition coefficient (Wildman–Crippen LogP) is 4.15. The Morgan fingerprint density at radius 3 is 2.70 bits per heavy atom. The summed E-state index contributed by atoms with van der Waals surface area (Å²) in [5.41, 5.74) is 6.84. The van der Waals surface area contributed by atoms with E-state index < -0.39 is 0 Å². The number of carbonyl (C=O) groups is 1. The molecule has 1 amide bonds. The molecule has 27 heavy (non-hydrogen) atoms. The van der Waals surface area contributed by atoms with Crippen molar-refractivity contribution in [2.24, 2.45) is 5.10 Å². The maximum absolute atomic E-state index is 12.4. The summed E-state index contributed by atoms with van der Waals surface area (Å²) in [5.74, 6) is 0.388. The second-order valence-corrected chi connectivity index (χ2v) is 6.58. The molecule has 1 aliphatic rings. The van der Waals surface area contributed by atoms with Crippen molar-refractivity contribution in [2.45, 2.75) is 39.0 Å². The van der Waals surface area contributed by atoms with Crippen LogP contribution in [0.25, 0.3) is 11.3 Å². The maximum Gasteiger partial charge on any atom is 0.291 e. The highest BCUT2D eigenvalue weighted by Crippen LogP contribution is 2.22. The minimum Gasteiger partial charge on any atom is -0.497 e. The first-order valence-corrected chi connectivity index (χ1v) is 9.16. The fraction of sp³-hybridized carbons (Fsp3) is 0.333. The van der Waals surface area contributed by atoms with Crippen LogP contribution in [0.2, 0.25) is 0 Å². The first kappa shape index (κ1) is 18.8. The van der Waals surface area contributed by atoms with Gasteiger partial charge in [0.1, 0.15) is 11.4 Å². The number of hydrazone groups is 1. The number of nitrogens with zero attached hydrogens (tertiary/aromatic N) is 3. The molecule has 1 heterocycles. The quantitative estimate of drug-likeness (QED) is 0.639. The lowest BCUT2D eigenvalue weighted by Crippen LogP contribution is -2.19. The van der Waals surface area contributed by atoms with Gasteiger partial charge in [0.2, 0.25) is 0 Å². The molecule has 0 radical (unpaired) electrons. The van der Waals surface area contributed by atoms with Crippen LogP contribution in [0.5, 0.6) is 5.75 Å². The zero-order valence-electron chi connectivity index (χ0n) is 15.7. The van der Waals surface area contributed by atoms with Crippen LogP contribution in [0.3, 0.4) is 0 Å². The van der Waals surface area contributed by atoms with Crippen molar-refractivity contribution in [2.75, 3.05) is 7.11 Å². The van der Waals surface area contributed by atoms with E-state index in [-0.39, 0.29) is 11.6 Å². The molecule has 0 saturated carbocycles. The molecular formula is C21H24N4O2. The van der Waals surface area contributed by atoms with Crippen molar-refractivity contribution in [1.29, 1.82) is 0 Å². The molecule has 1 aromatic heterocycles. The van der Waals surface area contributed by atoms with Crippen LogP contribution in [-0.2, 0) is 0 Å². The minimum atomic E-state index is -0.374. The first-order chi connectivity index (χ1) is 13.2. The lowest BCUT2D eigenvalue weighted by molar-refractivity contribution is 0.0950. The lowest BCUT2D eigenvalue weighted by Gasteiger charge is -2.05. The minimum absolute atomic E-state index is 0.229. The molecule has 0 fully saturated rings. The van der Waals surface area contributed by atoms with E-state index in [1.54, 1.807) is 19.5 Å². The van der Waals surface area contributed by atoms with Gasteiger partial charge in [-0.3, -0.25) is 9.78 Å². The number of ether oxygens (including phenoxy) is 1. The van der Waals surface area contributed by atoms with Gasteiger partial charge in [0.05, 0.1) is 31.4 Å². The number of rotatable bonds is 5. The Hall–Kier alpha value is -3.02. The molecule has 0 spiro atoms. The van der Waals surface area contributed by atoms with Crippen molar-refractivity contribution < 1.29 is 9.53 Å². The zero-order valence-corrected chi connectivity index (χ0v) is 15.7. The summed E-state index contributed by atoms with van der Waals surface area (Å²) in [6, 6.07) is 7.45. The van der Waals surface area contributed by atoms with E-state index in [9.17, 15) is 4.79 Å². The highest BCUT2D eigenvalue weighted by Gasteiger charge is 2.10. The second kappa shape index (κ2) is 9.07. The normalized spacial score (nSPS) is 14.9. The first-order valence-electron chi connectivity index (χ1n) is 9.16. The number of benzene rings is 1. The Bertz CT molecular complexity index is 857. The van der Waals surface area contributed by atoms with Crippen molar-refractivity contribution >= 4 is 12.1 Å². The monoisotopic (exact) mass is 364 g/mol. The average molecular weight is 364 g/mol. The van der Waals surface area contributed by atoms with Crippen LogP contribution in [0.1, 0.15) is 49.5 Å². The molecule has 1 aliphatic carbocycles. The highest BCUT2D eigenvalue weighted by molar-refractivity contribution is 5.93. The van der Waals surface area contributed by atoms with E-state index in [1.807, 2.05) is 24.3 Å². The van der Waals surface area contributed by atoms with Gasteiger partial charge < -0.3 is 4.74 Å². The third-order valence-corrected chi connectivity index (χ3v) is 4.69. The molecule has 0 saturated heterocycles. The van der Waals surface area contributed by atoms with E-state index in [4.69, 9.17) is 4.74 Å². The molecule has 0 aliphatic heterocycles. The number of methoxy groups -OCH3 is 1. The number of amides is 1. The van der Waals surface area contributed by atoms with Crippen molar-refractivity contribution in [3.8, 4) is 17.0 Å². The Balaban J connectivity index is 1.69. The molecule has 0 unspecified atom stereocenters. The third-order valence-electron chi connectivity index (χ3n) is 4.69. The number of aromatic nitrogens is 2. The van der Waals surface area contributed by atoms with Gasteiger partial charge in [-0.2, -0.15) is 5.10 Å². The van der Waals surface area contributed by atoms with E-state index in [0.29, 0.717) is 5.69 Å². The fourth-order valence-electron chi connectivity index (χ4n) is 3.03. The topological polar surface area (TPSA) is 76.5 Å². The number of hydrogen-bond donors (Lipinski definition) is 1. The summed E-state index contributed by atoms with van der Waals surface area (Å²) in [5, 5.41) is 4.12. The van der Waals surface area contributed by atoms with Crippen LogP contribution in [0.15, 0.2) is 52.9 Å². The van der Waals surface area contributed by atoms with Crippen LogP contribution in [-0.4, -0.2) is 29.2 Å². The van der Waals surface area contributed by atoms with Gasteiger partial charge in [0, 0.05) is 5.56 Å². The van der Waals surface area contributed by atoms with Crippen molar-refractivity contribution in [3.63, 3.8) is 0 Å². The molecule has 140 valence electrons. The van der Waals surface area contributed by atoms with Crippen molar-refractivity contribution in [3.05, 3.63) is 53.5 Å². The summed E-state index contributed by atoms with van der Waals surface area (Å²) < 4.78 is 5.16. The standard InChI is InChI=1S/C21H24N4O2/c1-15-6-4-3-5-7-17(15)12-23-25-21(26)20-14-22-13-19(24-20)16-8-10-18(27-2)11-9-16/h8-14H,3-7H2,1-2H3,(H,25,26)/b23-12+. The van der Waals surface area contributed by atoms with Gasteiger partial charge in [-0.25, -0.2) is 10.4 Å². The highest BCUT2D eigenvalue weighted by atomic mass is 16.5. The molecule has 1 N–H and O–H groups in total. The molecule has 1 aromatic carbocycles. The Morgan fingerprint density at radius 2 is 1.93 bits per heavy atom. The van der Waals surface area contributed by atoms with Gasteiger partial charge in [0.25, 0.3) is 5.91 Å². The SMILES string of the molecule is COc1ccc(-c2cncc(C(=O)N/N=C/C3=C(C)CCCCC3)n2)cc1. The molecule has 3 rings (SSSR count). The van der Waals surface area contributed by atoms with E-state index >= 15 is 0 Å². The van der Waals surface area contributed by atoms with E-state index in [2.05, 4.69) is 27.4 Å². The maximum atomic E-state index is 12.4. The lowest BCUT2D eigenvalue weighted by atomic mass is 10.1. The smallest absolute Gasteiger partial charge is 0.291 e. The molecule has 0 bridgehead atoms. The largest absolute Gasteiger partial charge is 0.497 e. The van der Waals surface area contributed by atoms with Crippen LogP contribution in [0.4, 0.5) is 0 Å². The predicted molar refractivity (Wildman–Crippen MR) is 106 cm³/mol. The summed E-state index contributed by atoms with van der Waals surface area (Å²) in [4.78, 5) is 20.9. The molecule has 6 heteroatoms. The molecular weight excluding hydrogens is 340 g/mol.